The summed E-state index contributed by atoms with van der Waals surface area (Å²) in [6.45, 7) is 3.59. The third-order valence-electron chi connectivity index (χ3n) is 3.67. The van der Waals surface area contributed by atoms with Crippen molar-refractivity contribution in [2.45, 2.75) is 19.9 Å². The van der Waals surface area contributed by atoms with E-state index in [1.165, 1.54) is 0 Å². The van der Waals surface area contributed by atoms with Crippen LogP contribution in [0, 0.1) is 5.92 Å². The van der Waals surface area contributed by atoms with E-state index in [-0.39, 0.29) is 17.0 Å². The minimum atomic E-state index is -1.31. The third kappa shape index (κ3) is 2.99. The van der Waals surface area contributed by atoms with E-state index in [0.29, 0.717) is 16.4 Å². The average Bonchev–Trinajstić information content (AvgIpc) is 3.06. The van der Waals surface area contributed by atoms with E-state index in [9.17, 15) is 14.7 Å². The fourth-order valence-electron chi connectivity index (χ4n) is 2.55. The zero-order chi connectivity index (χ0) is 17.4. The maximum absolute atomic E-state index is 12.6. The standard InChI is InChI=1S/C16H15NO5S2/c1-8(2)13(15(19)20)17-14(18)12(24-16(17)23)6-9-3-4-10-11(5-9)22-7-21-10/h3-6,8,13H,7H2,1-2H3,(H,19,20)/p-1/b12-6+/t13-/m0/s1. The molecule has 2 aliphatic heterocycles. The predicted octanol–water partition coefficient (Wildman–Crippen LogP) is 1.39. The van der Waals surface area contributed by atoms with Gasteiger partial charge in [0.05, 0.1) is 16.9 Å². The molecule has 1 saturated heterocycles. The van der Waals surface area contributed by atoms with Gasteiger partial charge in [0.1, 0.15) is 4.32 Å². The number of carboxylic acids is 1. The second-order valence-electron chi connectivity index (χ2n) is 5.67. The number of carbonyl (C=O) groups is 2. The highest BCUT2D eigenvalue weighted by Crippen LogP contribution is 2.37. The van der Waals surface area contributed by atoms with Crippen LogP contribution >= 0.6 is 24.0 Å². The first kappa shape index (κ1) is 16.8. The Bertz CT molecular complexity index is 759. The van der Waals surface area contributed by atoms with E-state index < -0.39 is 17.9 Å². The van der Waals surface area contributed by atoms with Gasteiger partial charge in [0.15, 0.2) is 11.5 Å². The van der Waals surface area contributed by atoms with Crippen molar-refractivity contribution in [3.05, 3.63) is 28.7 Å². The maximum atomic E-state index is 12.6. The first-order chi connectivity index (χ1) is 11.4. The highest BCUT2D eigenvalue weighted by Gasteiger charge is 2.39. The van der Waals surface area contributed by atoms with Crippen molar-refractivity contribution >= 4 is 46.3 Å². The monoisotopic (exact) mass is 364 g/mol. The highest BCUT2D eigenvalue weighted by atomic mass is 32.2. The molecule has 0 unspecified atom stereocenters. The number of amides is 1. The zero-order valence-electron chi connectivity index (χ0n) is 13.0. The summed E-state index contributed by atoms with van der Waals surface area (Å²) < 4.78 is 10.8. The normalized spacial score (nSPS) is 19.5. The fraction of sp³-hybridized carbons (Fsp3) is 0.312. The van der Waals surface area contributed by atoms with Crippen LogP contribution in [0.5, 0.6) is 11.5 Å². The SMILES string of the molecule is CC(C)[C@@H](C(=O)[O-])N1C(=O)/C(=C\c2ccc3c(c2)OCO3)SC1=S. The van der Waals surface area contributed by atoms with Gasteiger partial charge in [-0.2, -0.15) is 0 Å². The average molecular weight is 364 g/mol. The lowest BCUT2D eigenvalue weighted by molar-refractivity contribution is -0.311. The molecule has 1 amide bonds. The van der Waals surface area contributed by atoms with E-state index in [2.05, 4.69) is 0 Å². The largest absolute Gasteiger partial charge is 0.548 e. The number of ether oxygens (including phenoxy) is 2. The van der Waals surface area contributed by atoms with Crippen LogP contribution in [0.25, 0.3) is 6.08 Å². The molecular formula is C16H14NO5S2-. The molecule has 0 N–H and O–H groups in total. The van der Waals surface area contributed by atoms with Gasteiger partial charge in [0, 0.05) is 0 Å². The molecule has 2 heterocycles. The molecule has 24 heavy (non-hydrogen) atoms. The van der Waals surface area contributed by atoms with Crippen LogP contribution in [0.4, 0.5) is 0 Å². The molecule has 1 atom stereocenters. The molecule has 1 aromatic rings. The highest BCUT2D eigenvalue weighted by molar-refractivity contribution is 8.26. The Kier molecular flexibility index (Phi) is 4.51. The van der Waals surface area contributed by atoms with Crippen molar-refractivity contribution in [2.75, 3.05) is 6.79 Å². The van der Waals surface area contributed by atoms with Crippen LogP contribution in [-0.2, 0) is 9.59 Å². The summed E-state index contributed by atoms with van der Waals surface area (Å²) in [7, 11) is 0. The van der Waals surface area contributed by atoms with Crippen molar-refractivity contribution in [3.8, 4) is 11.5 Å². The summed E-state index contributed by atoms with van der Waals surface area (Å²) in [5.41, 5.74) is 0.745. The molecule has 1 fully saturated rings. The van der Waals surface area contributed by atoms with Crippen LogP contribution in [0.3, 0.4) is 0 Å². The second kappa shape index (κ2) is 6.45. The van der Waals surface area contributed by atoms with Crippen molar-refractivity contribution in [2.24, 2.45) is 5.92 Å². The van der Waals surface area contributed by atoms with Crippen molar-refractivity contribution in [3.63, 3.8) is 0 Å². The number of carbonyl (C=O) groups excluding carboxylic acids is 2. The summed E-state index contributed by atoms with van der Waals surface area (Å²) in [5, 5.41) is 11.4. The quantitative estimate of drug-likeness (QED) is 0.590. The first-order valence-electron chi connectivity index (χ1n) is 7.26. The predicted molar refractivity (Wildman–Crippen MR) is 91.2 cm³/mol. The number of fused-ring (bicyclic) bond motifs is 1. The van der Waals surface area contributed by atoms with E-state index in [4.69, 9.17) is 21.7 Å². The number of benzene rings is 1. The lowest BCUT2D eigenvalue weighted by Gasteiger charge is -2.30. The molecule has 6 nitrogen and oxygen atoms in total. The number of carboxylic acid groups (broad SMARTS) is 1. The van der Waals surface area contributed by atoms with Crippen LogP contribution in [0.15, 0.2) is 23.1 Å². The molecule has 0 aromatic heterocycles. The molecule has 3 rings (SSSR count). The van der Waals surface area contributed by atoms with Gasteiger partial charge >= 0.3 is 0 Å². The summed E-state index contributed by atoms with van der Waals surface area (Å²) in [6.07, 6.45) is 1.66. The van der Waals surface area contributed by atoms with Crippen molar-refractivity contribution < 1.29 is 24.2 Å². The molecule has 0 bridgehead atoms. The Morgan fingerprint density at radius 3 is 2.75 bits per heavy atom. The zero-order valence-corrected chi connectivity index (χ0v) is 14.6. The Morgan fingerprint density at radius 2 is 2.08 bits per heavy atom. The molecule has 0 aliphatic carbocycles. The van der Waals surface area contributed by atoms with Gasteiger partial charge in [-0.15, -0.1) is 0 Å². The second-order valence-corrected chi connectivity index (χ2v) is 7.35. The Balaban J connectivity index is 1.89. The van der Waals surface area contributed by atoms with Crippen molar-refractivity contribution in [1.29, 1.82) is 0 Å². The topological polar surface area (TPSA) is 78.9 Å². The number of thioether (sulfide) groups is 1. The number of aliphatic carboxylic acids is 1. The lowest BCUT2D eigenvalue weighted by Crippen LogP contribution is -2.52. The summed E-state index contributed by atoms with van der Waals surface area (Å²) in [4.78, 5) is 25.5. The third-order valence-corrected chi connectivity index (χ3v) is 5.00. The van der Waals surface area contributed by atoms with Crippen LogP contribution < -0.4 is 14.6 Å². The summed E-state index contributed by atoms with van der Waals surface area (Å²) >= 11 is 6.28. The molecule has 126 valence electrons. The lowest BCUT2D eigenvalue weighted by atomic mass is 10.0. The number of hydrogen-bond acceptors (Lipinski definition) is 7. The van der Waals surface area contributed by atoms with Crippen molar-refractivity contribution in [1.82, 2.24) is 4.90 Å². The molecule has 1 aromatic carbocycles. The molecule has 8 heteroatoms. The first-order valence-corrected chi connectivity index (χ1v) is 8.48. The van der Waals surface area contributed by atoms with E-state index in [1.54, 1.807) is 38.1 Å². The van der Waals surface area contributed by atoms with E-state index in [0.717, 1.165) is 22.2 Å². The maximum Gasteiger partial charge on any atom is 0.266 e. The van der Waals surface area contributed by atoms with Gasteiger partial charge in [0.25, 0.3) is 5.91 Å². The van der Waals surface area contributed by atoms with Gasteiger partial charge in [-0.25, -0.2) is 0 Å². The number of rotatable bonds is 4. The molecule has 2 aliphatic rings. The number of thiocarbonyl (C=S) groups is 1. The van der Waals surface area contributed by atoms with Crippen LogP contribution in [-0.4, -0.2) is 33.9 Å². The van der Waals surface area contributed by atoms with E-state index in [1.807, 2.05) is 0 Å². The summed E-state index contributed by atoms with van der Waals surface area (Å²) in [6, 6.07) is 4.22. The van der Waals surface area contributed by atoms with Gasteiger partial charge < -0.3 is 19.4 Å². The van der Waals surface area contributed by atoms with Gasteiger partial charge in [-0.05, 0) is 29.7 Å². The Hall–Kier alpha value is -2.06. The van der Waals surface area contributed by atoms with Gasteiger partial charge in [-0.1, -0.05) is 43.9 Å². The van der Waals surface area contributed by atoms with Crippen LogP contribution in [0.2, 0.25) is 0 Å². The Labute approximate surface area is 148 Å². The fourth-order valence-corrected chi connectivity index (χ4v) is 3.88. The molecule has 0 saturated carbocycles. The molecular weight excluding hydrogens is 350 g/mol. The summed E-state index contributed by atoms with van der Waals surface area (Å²) in [5.74, 6) is -0.802. The van der Waals surface area contributed by atoms with Crippen LogP contribution in [0.1, 0.15) is 19.4 Å². The Morgan fingerprint density at radius 1 is 1.38 bits per heavy atom. The smallest absolute Gasteiger partial charge is 0.266 e. The molecule has 0 spiro atoms. The van der Waals surface area contributed by atoms with Gasteiger partial charge in [0.2, 0.25) is 6.79 Å². The number of nitrogens with zero attached hydrogens (tertiary/aromatic N) is 1. The molecule has 0 radical (unpaired) electrons. The minimum Gasteiger partial charge on any atom is -0.548 e. The van der Waals surface area contributed by atoms with E-state index >= 15 is 0 Å². The van der Waals surface area contributed by atoms with Gasteiger partial charge in [-0.3, -0.25) is 9.69 Å². The number of hydrogen-bond donors (Lipinski definition) is 0. The minimum absolute atomic E-state index is 0.169.